The number of alkyl halides is 3. The van der Waals surface area contributed by atoms with Crippen molar-refractivity contribution in [2.45, 2.75) is 19.0 Å². The first-order chi connectivity index (χ1) is 7.95. The summed E-state index contributed by atoms with van der Waals surface area (Å²) in [5.74, 6) is -1.26. The van der Waals surface area contributed by atoms with Crippen LogP contribution in [0.4, 0.5) is 23.2 Å². The molecular formula is C12H13F4N. The first-order valence-electron chi connectivity index (χ1n) is 5.16. The standard InChI is InChI=1S/C12H13F4N/c1-2-3-4-7-17-9-5-6-11(13)10(8-9)12(14,15)16/h2,5-6,8,17H,1,3-4,7H2. The van der Waals surface area contributed by atoms with E-state index in [0.717, 1.165) is 25.0 Å². The molecular weight excluding hydrogens is 234 g/mol. The van der Waals surface area contributed by atoms with E-state index in [4.69, 9.17) is 0 Å². The molecule has 0 aliphatic heterocycles. The van der Waals surface area contributed by atoms with E-state index in [2.05, 4.69) is 11.9 Å². The zero-order valence-corrected chi connectivity index (χ0v) is 9.15. The average molecular weight is 247 g/mol. The summed E-state index contributed by atoms with van der Waals surface area (Å²) in [5, 5.41) is 2.80. The Bertz CT molecular complexity index is 385. The molecule has 0 aliphatic carbocycles. The largest absolute Gasteiger partial charge is 0.419 e. The topological polar surface area (TPSA) is 12.0 Å². The van der Waals surface area contributed by atoms with Crippen LogP contribution in [0.25, 0.3) is 0 Å². The maximum Gasteiger partial charge on any atom is 0.419 e. The van der Waals surface area contributed by atoms with Crippen molar-refractivity contribution in [1.82, 2.24) is 0 Å². The summed E-state index contributed by atoms with van der Waals surface area (Å²) >= 11 is 0. The first-order valence-corrected chi connectivity index (χ1v) is 5.16. The van der Waals surface area contributed by atoms with Crippen molar-refractivity contribution in [1.29, 1.82) is 0 Å². The van der Waals surface area contributed by atoms with E-state index >= 15 is 0 Å². The lowest BCUT2D eigenvalue weighted by Gasteiger charge is -2.11. The number of hydrogen-bond acceptors (Lipinski definition) is 1. The van der Waals surface area contributed by atoms with Gasteiger partial charge in [0, 0.05) is 12.2 Å². The molecule has 0 unspecified atom stereocenters. The van der Waals surface area contributed by atoms with Crippen molar-refractivity contribution in [2.75, 3.05) is 11.9 Å². The number of nitrogens with one attached hydrogen (secondary N) is 1. The number of hydrogen-bond donors (Lipinski definition) is 1. The van der Waals surface area contributed by atoms with E-state index < -0.39 is 17.6 Å². The minimum absolute atomic E-state index is 0.266. The third kappa shape index (κ3) is 4.09. The van der Waals surface area contributed by atoms with Crippen LogP contribution in [0, 0.1) is 5.82 Å². The fourth-order valence-electron chi connectivity index (χ4n) is 1.33. The Morgan fingerprint density at radius 3 is 2.59 bits per heavy atom. The molecule has 0 atom stereocenters. The Morgan fingerprint density at radius 2 is 2.00 bits per heavy atom. The average Bonchev–Trinajstić information content (AvgIpc) is 2.25. The van der Waals surface area contributed by atoms with E-state index in [1.807, 2.05) is 0 Å². The minimum Gasteiger partial charge on any atom is -0.385 e. The molecule has 5 heteroatoms. The SMILES string of the molecule is C=CCCCNc1ccc(F)c(C(F)(F)F)c1. The van der Waals surface area contributed by atoms with Crippen LogP contribution in [-0.4, -0.2) is 6.54 Å². The molecule has 0 amide bonds. The zero-order valence-electron chi connectivity index (χ0n) is 9.15. The summed E-state index contributed by atoms with van der Waals surface area (Å²) in [6.45, 7) is 4.06. The van der Waals surface area contributed by atoms with Gasteiger partial charge in [-0.3, -0.25) is 0 Å². The highest BCUT2D eigenvalue weighted by molar-refractivity contribution is 5.47. The molecule has 0 spiro atoms. The van der Waals surface area contributed by atoms with Gasteiger partial charge in [-0.25, -0.2) is 4.39 Å². The fourth-order valence-corrected chi connectivity index (χ4v) is 1.33. The summed E-state index contributed by atoms with van der Waals surface area (Å²) in [6, 6.07) is 2.89. The van der Waals surface area contributed by atoms with E-state index in [1.165, 1.54) is 6.07 Å². The normalized spacial score (nSPS) is 11.3. The molecule has 0 radical (unpaired) electrons. The number of halogens is 4. The molecule has 17 heavy (non-hydrogen) atoms. The summed E-state index contributed by atoms with van der Waals surface area (Å²) in [7, 11) is 0. The molecule has 1 N–H and O–H groups in total. The molecule has 0 saturated heterocycles. The van der Waals surface area contributed by atoms with Crippen LogP contribution in [0.15, 0.2) is 30.9 Å². The third-order valence-electron chi connectivity index (χ3n) is 2.19. The summed E-state index contributed by atoms with van der Waals surface area (Å²) in [6.07, 6.45) is -1.39. The highest BCUT2D eigenvalue weighted by Gasteiger charge is 2.34. The van der Waals surface area contributed by atoms with Crippen LogP contribution in [0.1, 0.15) is 18.4 Å². The van der Waals surface area contributed by atoms with Crippen molar-refractivity contribution >= 4 is 5.69 Å². The van der Waals surface area contributed by atoms with Crippen LogP contribution >= 0.6 is 0 Å². The number of benzene rings is 1. The van der Waals surface area contributed by atoms with Gasteiger partial charge in [-0.05, 0) is 31.0 Å². The van der Waals surface area contributed by atoms with Crippen LogP contribution in [0.3, 0.4) is 0 Å². The van der Waals surface area contributed by atoms with Crippen molar-refractivity contribution in [3.63, 3.8) is 0 Å². The smallest absolute Gasteiger partial charge is 0.385 e. The fraction of sp³-hybridized carbons (Fsp3) is 0.333. The van der Waals surface area contributed by atoms with E-state index in [1.54, 1.807) is 6.08 Å². The molecule has 0 aliphatic rings. The predicted octanol–water partition coefficient (Wildman–Crippen LogP) is 4.22. The second-order valence-electron chi connectivity index (χ2n) is 3.55. The highest BCUT2D eigenvalue weighted by Crippen LogP contribution is 2.32. The van der Waals surface area contributed by atoms with E-state index in [9.17, 15) is 17.6 Å². The van der Waals surface area contributed by atoms with Gasteiger partial charge < -0.3 is 5.32 Å². The monoisotopic (exact) mass is 247 g/mol. The van der Waals surface area contributed by atoms with Gasteiger partial charge in [-0.1, -0.05) is 6.08 Å². The molecule has 1 rings (SSSR count). The second kappa shape index (κ2) is 5.70. The lowest BCUT2D eigenvalue weighted by atomic mass is 10.1. The van der Waals surface area contributed by atoms with Crippen LogP contribution < -0.4 is 5.32 Å². The molecule has 0 heterocycles. The van der Waals surface area contributed by atoms with Crippen LogP contribution in [0.5, 0.6) is 0 Å². The van der Waals surface area contributed by atoms with Crippen LogP contribution in [0.2, 0.25) is 0 Å². The maximum atomic E-state index is 12.9. The van der Waals surface area contributed by atoms with Gasteiger partial charge in [-0.2, -0.15) is 13.2 Å². The van der Waals surface area contributed by atoms with Gasteiger partial charge in [0.15, 0.2) is 0 Å². The molecule has 0 saturated carbocycles. The Kier molecular flexibility index (Phi) is 4.54. The number of anilines is 1. The van der Waals surface area contributed by atoms with Gasteiger partial charge in [-0.15, -0.1) is 6.58 Å². The van der Waals surface area contributed by atoms with E-state index in [0.29, 0.717) is 6.54 Å². The van der Waals surface area contributed by atoms with Crippen molar-refractivity contribution in [2.24, 2.45) is 0 Å². The van der Waals surface area contributed by atoms with Crippen molar-refractivity contribution in [3.8, 4) is 0 Å². The van der Waals surface area contributed by atoms with Gasteiger partial charge in [0.2, 0.25) is 0 Å². The highest BCUT2D eigenvalue weighted by atomic mass is 19.4. The van der Waals surface area contributed by atoms with Crippen molar-refractivity contribution < 1.29 is 17.6 Å². The second-order valence-corrected chi connectivity index (χ2v) is 3.55. The predicted molar refractivity (Wildman–Crippen MR) is 59.3 cm³/mol. The number of unbranched alkanes of at least 4 members (excludes halogenated alkanes) is 1. The zero-order chi connectivity index (χ0) is 12.9. The Hall–Kier alpha value is -1.52. The first kappa shape index (κ1) is 13.5. The molecule has 1 aromatic rings. The molecule has 1 nitrogen and oxygen atoms in total. The van der Waals surface area contributed by atoms with E-state index in [-0.39, 0.29) is 5.69 Å². The summed E-state index contributed by atoms with van der Waals surface area (Å²) < 4.78 is 50.1. The van der Waals surface area contributed by atoms with Crippen LogP contribution in [-0.2, 0) is 6.18 Å². The Labute approximate surface area is 97.1 Å². The molecule has 0 fully saturated rings. The van der Waals surface area contributed by atoms with Gasteiger partial charge in [0.1, 0.15) is 5.82 Å². The van der Waals surface area contributed by atoms with Gasteiger partial charge in [0.05, 0.1) is 5.56 Å². The molecule has 1 aromatic carbocycles. The number of rotatable bonds is 5. The van der Waals surface area contributed by atoms with Gasteiger partial charge in [0.25, 0.3) is 0 Å². The number of allylic oxidation sites excluding steroid dienone is 1. The van der Waals surface area contributed by atoms with Crippen molar-refractivity contribution in [3.05, 3.63) is 42.2 Å². The summed E-state index contributed by atoms with van der Waals surface area (Å²) in [4.78, 5) is 0. The quantitative estimate of drug-likeness (QED) is 0.466. The maximum absolute atomic E-state index is 12.9. The molecule has 0 aromatic heterocycles. The minimum atomic E-state index is -4.66. The summed E-state index contributed by atoms with van der Waals surface area (Å²) in [5.41, 5.74) is -0.978. The van der Waals surface area contributed by atoms with Gasteiger partial charge >= 0.3 is 6.18 Å². The lowest BCUT2D eigenvalue weighted by Crippen LogP contribution is -2.09. The third-order valence-corrected chi connectivity index (χ3v) is 2.19. The molecule has 0 bridgehead atoms. The Morgan fingerprint density at radius 1 is 1.29 bits per heavy atom. The Balaban J connectivity index is 2.72. The lowest BCUT2D eigenvalue weighted by molar-refractivity contribution is -0.139. The molecule has 94 valence electrons.